The number of esters is 1. The number of methoxy groups -OCH3 is 1. The second-order valence-electron chi connectivity index (χ2n) is 4.14. The van der Waals surface area contributed by atoms with Crippen LogP contribution >= 0.6 is 0 Å². The van der Waals surface area contributed by atoms with Gasteiger partial charge in [-0.05, 0) is 12.1 Å². The van der Waals surface area contributed by atoms with Crippen LogP contribution in [0, 0.1) is 17.5 Å². The van der Waals surface area contributed by atoms with E-state index in [0.717, 1.165) is 6.07 Å². The standard InChI is InChI=1S/C13H13F3N2O5/c1-22-6-11(21)23-5-10(20)17-4-9(19)18-8-3-2-7(14)12(15)13(8)16/h2-3H,4-6H2,1H3,(H,17,20)(H,18,19). The van der Waals surface area contributed by atoms with Crippen molar-refractivity contribution in [3.63, 3.8) is 0 Å². The fourth-order valence-electron chi connectivity index (χ4n) is 1.35. The lowest BCUT2D eigenvalue weighted by Crippen LogP contribution is -2.36. The Morgan fingerprint density at radius 3 is 2.39 bits per heavy atom. The summed E-state index contributed by atoms with van der Waals surface area (Å²) in [5.41, 5.74) is -0.574. The minimum atomic E-state index is -1.73. The molecule has 0 heterocycles. The first-order valence-electron chi connectivity index (χ1n) is 6.19. The number of halogens is 3. The number of anilines is 1. The van der Waals surface area contributed by atoms with Crippen LogP contribution in [-0.4, -0.2) is 44.7 Å². The second-order valence-corrected chi connectivity index (χ2v) is 4.14. The predicted octanol–water partition coefficient (Wildman–Crippen LogP) is 0.348. The Hall–Kier alpha value is -2.62. The number of amides is 2. The molecular formula is C13H13F3N2O5. The molecule has 0 aliphatic carbocycles. The van der Waals surface area contributed by atoms with Gasteiger partial charge < -0.3 is 20.1 Å². The third-order valence-electron chi connectivity index (χ3n) is 2.38. The van der Waals surface area contributed by atoms with Gasteiger partial charge in [0.25, 0.3) is 5.91 Å². The van der Waals surface area contributed by atoms with Crippen LogP contribution in [-0.2, 0) is 23.9 Å². The molecule has 0 unspecified atom stereocenters. The third-order valence-corrected chi connectivity index (χ3v) is 2.38. The molecule has 0 aliphatic rings. The topological polar surface area (TPSA) is 93.7 Å². The summed E-state index contributed by atoms with van der Waals surface area (Å²) in [4.78, 5) is 33.7. The Labute approximate surface area is 128 Å². The van der Waals surface area contributed by atoms with E-state index in [1.54, 1.807) is 0 Å². The number of carbonyl (C=O) groups excluding carboxylic acids is 3. The molecule has 0 aromatic heterocycles. The van der Waals surface area contributed by atoms with Crippen LogP contribution in [0.4, 0.5) is 18.9 Å². The van der Waals surface area contributed by atoms with Crippen molar-refractivity contribution < 1.29 is 37.0 Å². The molecule has 126 valence electrons. The molecule has 7 nitrogen and oxygen atoms in total. The van der Waals surface area contributed by atoms with E-state index in [4.69, 9.17) is 0 Å². The maximum absolute atomic E-state index is 13.3. The van der Waals surface area contributed by atoms with Crippen molar-refractivity contribution in [2.75, 3.05) is 32.2 Å². The quantitative estimate of drug-likeness (QED) is 0.554. The normalized spacial score (nSPS) is 10.1. The van der Waals surface area contributed by atoms with Crippen LogP contribution in [0.3, 0.4) is 0 Å². The minimum Gasteiger partial charge on any atom is -0.454 e. The highest BCUT2D eigenvalue weighted by Gasteiger charge is 2.15. The zero-order valence-electron chi connectivity index (χ0n) is 12.0. The molecule has 23 heavy (non-hydrogen) atoms. The fraction of sp³-hybridized carbons (Fsp3) is 0.308. The van der Waals surface area contributed by atoms with E-state index in [0.29, 0.717) is 6.07 Å². The maximum Gasteiger partial charge on any atom is 0.332 e. The van der Waals surface area contributed by atoms with Crippen LogP contribution in [0.25, 0.3) is 0 Å². The lowest BCUT2D eigenvalue weighted by atomic mass is 10.2. The van der Waals surface area contributed by atoms with Gasteiger partial charge in [-0.1, -0.05) is 0 Å². The molecule has 1 aromatic carbocycles. The second kappa shape index (κ2) is 8.73. The molecule has 0 radical (unpaired) electrons. The van der Waals surface area contributed by atoms with Gasteiger partial charge in [0.05, 0.1) is 12.2 Å². The predicted molar refractivity (Wildman–Crippen MR) is 70.8 cm³/mol. The van der Waals surface area contributed by atoms with Crippen molar-refractivity contribution >= 4 is 23.5 Å². The molecule has 10 heteroatoms. The molecule has 2 N–H and O–H groups in total. The van der Waals surface area contributed by atoms with Gasteiger partial charge in [0.1, 0.15) is 6.61 Å². The Balaban J connectivity index is 2.41. The highest BCUT2D eigenvalue weighted by atomic mass is 19.2. The van der Waals surface area contributed by atoms with Crippen molar-refractivity contribution in [2.24, 2.45) is 0 Å². The zero-order chi connectivity index (χ0) is 17.4. The first-order valence-corrected chi connectivity index (χ1v) is 6.19. The molecule has 0 spiro atoms. The monoisotopic (exact) mass is 334 g/mol. The average Bonchev–Trinajstić information content (AvgIpc) is 2.52. The van der Waals surface area contributed by atoms with Gasteiger partial charge in [0, 0.05) is 7.11 Å². The van der Waals surface area contributed by atoms with Crippen molar-refractivity contribution in [3.8, 4) is 0 Å². The molecule has 2 amide bonds. The Morgan fingerprint density at radius 1 is 1.04 bits per heavy atom. The first kappa shape index (κ1) is 18.4. The van der Waals surface area contributed by atoms with Gasteiger partial charge >= 0.3 is 5.97 Å². The Bertz CT molecular complexity index is 610. The number of rotatable bonds is 7. The molecule has 0 saturated heterocycles. The van der Waals surface area contributed by atoms with Crippen molar-refractivity contribution in [2.45, 2.75) is 0 Å². The fourth-order valence-corrected chi connectivity index (χ4v) is 1.35. The van der Waals surface area contributed by atoms with Gasteiger partial charge in [0.15, 0.2) is 24.1 Å². The Kier molecular flexibility index (Phi) is 7.00. The molecule has 0 atom stereocenters. The number of hydrogen-bond donors (Lipinski definition) is 2. The maximum atomic E-state index is 13.3. The van der Waals surface area contributed by atoms with Crippen LogP contribution in [0.15, 0.2) is 12.1 Å². The first-order chi connectivity index (χ1) is 10.8. The Morgan fingerprint density at radius 2 is 1.74 bits per heavy atom. The van der Waals surface area contributed by atoms with Gasteiger partial charge in [-0.2, -0.15) is 0 Å². The highest BCUT2D eigenvalue weighted by molar-refractivity contribution is 5.94. The summed E-state index contributed by atoms with van der Waals surface area (Å²) in [6, 6.07) is 1.47. The van der Waals surface area contributed by atoms with E-state index in [1.165, 1.54) is 7.11 Å². The highest BCUT2D eigenvalue weighted by Crippen LogP contribution is 2.19. The van der Waals surface area contributed by atoms with E-state index < -0.39 is 54.1 Å². The molecule has 0 fully saturated rings. The van der Waals surface area contributed by atoms with Crippen LogP contribution < -0.4 is 10.6 Å². The number of carbonyl (C=O) groups is 3. The molecule has 0 bridgehead atoms. The number of ether oxygens (including phenoxy) is 2. The SMILES string of the molecule is COCC(=O)OCC(=O)NCC(=O)Nc1ccc(F)c(F)c1F. The van der Waals surface area contributed by atoms with Crippen molar-refractivity contribution in [3.05, 3.63) is 29.6 Å². The van der Waals surface area contributed by atoms with E-state index in [-0.39, 0.29) is 6.61 Å². The smallest absolute Gasteiger partial charge is 0.332 e. The van der Waals surface area contributed by atoms with E-state index in [9.17, 15) is 27.6 Å². The molecule has 0 aliphatic heterocycles. The largest absolute Gasteiger partial charge is 0.454 e. The molecular weight excluding hydrogens is 321 g/mol. The third kappa shape index (κ3) is 5.94. The molecule has 1 aromatic rings. The summed E-state index contributed by atoms with van der Waals surface area (Å²) in [5, 5.41) is 4.04. The van der Waals surface area contributed by atoms with Crippen molar-refractivity contribution in [1.82, 2.24) is 5.32 Å². The van der Waals surface area contributed by atoms with Gasteiger partial charge in [-0.3, -0.25) is 9.59 Å². The van der Waals surface area contributed by atoms with E-state index in [1.807, 2.05) is 5.32 Å². The molecule has 1 rings (SSSR count). The summed E-state index contributed by atoms with van der Waals surface area (Å²) < 4.78 is 48.0. The minimum absolute atomic E-state index is 0.330. The van der Waals surface area contributed by atoms with Gasteiger partial charge in [-0.15, -0.1) is 0 Å². The lowest BCUT2D eigenvalue weighted by Gasteiger charge is -2.08. The average molecular weight is 334 g/mol. The van der Waals surface area contributed by atoms with Crippen LogP contribution in [0.5, 0.6) is 0 Å². The molecule has 0 saturated carbocycles. The van der Waals surface area contributed by atoms with Crippen molar-refractivity contribution in [1.29, 1.82) is 0 Å². The van der Waals surface area contributed by atoms with Crippen LogP contribution in [0.1, 0.15) is 0 Å². The zero-order valence-corrected chi connectivity index (χ0v) is 12.0. The van der Waals surface area contributed by atoms with E-state index >= 15 is 0 Å². The number of benzene rings is 1. The lowest BCUT2D eigenvalue weighted by molar-refractivity contribution is -0.152. The number of nitrogens with one attached hydrogen (secondary N) is 2. The number of hydrogen-bond acceptors (Lipinski definition) is 5. The van der Waals surface area contributed by atoms with Gasteiger partial charge in [-0.25, -0.2) is 18.0 Å². The summed E-state index contributed by atoms with van der Waals surface area (Å²) in [5.74, 6) is -7.11. The van der Waals surface area contributed by atoms with E-state index in [2.05, 4.69) is 14.8 Å². The summed E-state index contributed by atoms with van der Waals surface area (Å²) in [7, 11) is 1.27. The summed E-state index contributed by atoms with van der Waals surface area (Å²) >= 11 is 0. The summed E-state index contributed by atoms with van der Waals surface area (Å²) in [6.45, 7) is -1.54. The summed E-state index contributed by atoms with van der Waals surface area (Å²) in [6.07, 6.45) is 0. The van der Waals surface area contributed by atoms with Gasteiger partial charge in [0.2, 0.25) is 5.91 Å². The van der Waals surface area contributed by atoms with Crippen LogP contribution in [0.2, 0.25) is 0 Å².